The molecule has 1 rings (SSSR count). The standard InChI is InChI=1S/C12H26N2O2/c1-3-13-10-4-6-11(7-5-10)14(2)8-12(16)9-15/h10-13,15-16H,3-9H2,1-2H3. The van der Waals surface area contributed by atoms with Crippen molar-refractivity contribution < 1.29 is 10.2 Å². The Balaban J connectivity index is 2.24. The number of likely N-dealkylation sites (N-methyl/N-ethyl adjacent to an activating group) is 1. The summed E-state index contributed by atoms with van der Waals surface area (Å²) in [4.78, 5) is 2.18. The largest absolute Gasteiger partial charge is 0.394 e. The van der Waals surface area contributed by atoms with Gasteiger partial charge in [0.25, 0.3) is 0 Å². The van der Waals surface area contributed by atoms with E-state index in [2.05, 4.69) is 17.1 Å². The predicted octanol–water partition coefficient (Wildman–Crippen LogP) is 0.192. The minimum absolute atomic E-state index is 0.142. The molecule has 1 aliphatic rings. The third-order valence-electron chi connectivity index (χ3n) is 3.52. The third-order valence-corrected chi connectivity index (χ3v) is 3.52. The Hall–Kier alpha value is -0.160. The molecule has 0 aromatic heterocycles. The highest BCUT2D eigenvalue weighted by molar-refractivity contribution is 4.82. The molecular weight excluding hydrogens is 204 g/mol. The van der Waals surface area contributed by atoms with Crippen molar-refractivity contribution in [3.63, 3.8) is 0 Å². The van der Waals surface area contributed by atoms with Crippen molar-refractivity contribution in [2.45, 2.75) is 50.8 Å². The maximum atomic E-state index is 9.39. The van der Waals surface area contributed by atoms with Gasteiger partial charge >= 0.3 is 0 Å². The number of hydrogen-bond acceptors (Lipinski definition) is 4. The average molecular weight is 230 g/mol. The molecule has 1 fully saturated rings. The number of hydrogen-bond donors (Lipinski definition) is 3. The van der Waals surface area contributed by atoms with E-state index in [4.69, 9.17) is 5.11 Å². The van der Waals surface area contributed by atoms with Gasteiger partial charge in [-0.25, -0.2) is 0 Å². The Morgan fingerprint density at radius 3 is 2.44 bits per heavy atom. The Morgan fingerprint density at radius 1 is 1.31 bits per heavy atom. The SMILES string of the molecule is CCNC1CCC(N(C)CC(O)CO)CC1. The van der Waals surface area contributed by atoms with Crippen LogP contribution in [-0.2, 0) is 0 Å². The van der Waals surface area contributed by atoms with Gasteiger partial charge < -0.3 is 20.4 Å². The second kappa shape index (κ2) is 7.22. The van der Waals surface area contributed by atoms with Crippen LogP contribution < -0.4 is 5.32 Å². The summed E-state index contributed by atoms with van der Waals surface area (Å²) in [5.74, 6) is 0. The van der Waals surface area contributed by atoms with E-state index in [0.717, 1.165) is 6.54 Å². The molecule has 1 saturated carbocycles. The van der Waals surface area contributed by atoms with Crippen molar-refractivity contribution >= 4 is 0 Å². The van der Waals surface area contributed by atoms with E-state index in [0.29, 0.717) is 18.6 Å². The molecule has 16 heavy (non-hydrogen) atoms. The van der Waals surface area contributed by atoms with Crippen LogP contribution in [0.2, 0.25) is 0 Å². The maximum absolute atomic E-state index is 9.39. The average Bonchev–Trinajstić information content (AvgIpc) is 2.30. The summed E-state index contributed by atoms with van der Waals surface area (Å²) in [6.45, 7) is 3.63. The molecule has 1 atom stereocenters. The lowest BCUT2D eigenvalue weighted by Gasteiger charge is -2.35. The van der Waals surface area contributed by atoms with Gasteiger partial charge in [0.15, 0.2) is 0 Å². The second-order valence-electron chi connectivity index (χ2n) is 4.84. The molecule has 0 heterocycles. The molecule has 0 aromatic rings. The van der Waals surface area contributed by atoms with Crippen LogP contribution in [0.3, 0.4) is 0 Å². The molecule has 0 spiro atoms. The lowest BCUT2D eigenvalue weighted by atomic mass is 9.90. The Labute approximate surface area is 98.6 Å². The Bertz CT molecular complexity index is 182. The van der Waals surface area contributed by atoms with E-state index in [-0.39, 0.29) is 6.61 Å². The van der Waals surface area contributed by atoms with Crippen molar-refractivity contribution in [2.75, 3.05) is 26.7 Å². The number of nitrogens with zero attached hydrogens (tertiary/aromatic N) is 1. The second-order valence-corrected chi connectivity index (χ2v) is 4.84. The summed E-state index contributed by atoms with van der Waals surface area (Å²) >= 11 is 0. The van der Waals surface area contributed by atoms with E-state index in [9.17, 15) is 5.11 Å². The first-order chi connectivity index (χ1) is 7.67. The highest BCUT2D eigenvalue weighted by atomic mass is 16.3. The zero-order chi connectivity index (χ0) is 12.0. The quantitative estimate of drug-likeness (QED) is 0.610. The van der Waals surface area contributed by atoms with Gasteiger partial charge in [0.2, 0.25) is 0 Å². The molecule has 96 valence electrons. The first-order valence-electron chi connectivity index (χ1n) is 6.39. The minimum Gasteiger partial charge on any atom is -0.394 e. The van der Waals surface area contributed by atoms with Gasteiger partial charge in [0.05, 0.1) is 12.7 Å². The maximum Gasteiger partial charge on any atom is 0.0897 e. The molecule has 0 aliphatic heterocycles. The van der Waals surface area contributed by atoms with Gasteiger partial charge in [-0.15, -0.1) is 0 Å². The predicted molar refractivity (Wildman–Crippen MR) is 65.4 cm³/mol. The fourth-order valence-electron chi connectivity index (χ4n) is 2.55. The molecule has 4 heteroatoms. The lowest BCUT2D eigenvalue weighted by molar-refractivity contribution is 0.0466. The summed E-state index contributed by atoms with van der Waals surface area (Å²) in [6, 6.07) is 1.24. The third kappa shape index (κ3) is 4.37. The van der Waals surface area contributed by atoms with E-state index < -0.39 is 6.10 Å². The van der Waals surface area contributed by atoms with Crippen LogP contribution in [0.1, 0.15) is 32.6 Å². The number of aliphatic hydroxyl groups excluding tert-OH is 2. The molecule has 0 bridgehead atoms. The summed E-state index contributed by atoms with van der Waals surface area (Å²) in [7, 11) is 2.04. The molecule has 0 radical (unpaired) electrons. The molecule has 0 aromatic carbocycles. The van der Waals surface area contributed by atoms with Gasteiger partial charge in [-0.3, -0.25) is 0 Å². The first-order valence-corrected chi connectivity index (χ1v) is 6.39. The summed E-state index contributed by atoms with van der Waals surface area (Å²) in [5, 5.41) is 21.7. The molecule has 0 amide bonds. The zero-order valence-corrected chi connectivity index (χ0v) is 10.5. The number of nitrogens with one attached hydrogen (secondary N) is 1. The smallest absolute Gasteiger partial charge is 0.0897 e. The van der Waals surface area contributed by atoms with Crippen LogP contribution in [0.15, 0.2) is 0 Å². The van der Waals surface area contributed by atoms with Crippen LogP contribution in [-0.4, -0.2) is 60.0 Å². The fourth-order valence-corrected chi connectivity index (χ4v) is 2.55. The topological polar surface area (TPSA) is 55.7 Å². The first kappa shape index (κ1) is 13.9. The monoisotopic (exact) mass is 230 g/mol. The molecule has 4 nitrogen and oxygen atoms in total. The highest BCUT2D eigenvalue weighted by Crippen LogP contribution is 2.22. The van der Waals surface area contributed by atoms with Crippen LogP contribution in [0.5, 0.6) is 0 Å². The normalized spacial score (nSPS) is 28.3. The molecule has 1 unspecified atom stereocenters. The van der Waals surface area contributed by atoms with Gasteiger partial charge in [-0.1, -0.05) is 6.92 Å². The van der Waals surface area contributed by atoms with Gasteiger partial charge in [0.1, 0.15) is 0 Å². The van der Waals surface area contributed by atoms with E-state index in [1.807, 2.05) is 7.05 Å². The van der Waals surface area contributed by atoms with Gasteiger partial charge in [-0.2, -0.15) is 0 Å². The lowest BCUT2D eigenvalue weighted by Crippen LogP contribution is -2.43. The van der Waals surface area contributed by atoms with Gasteiger partial charge in [-0.05, 0) is 39.3 Å². The van der Waals surface area contributed by atoms with E-state index in [1.165, 1.54) is 25.7 Å². The van der Waals surface area contributed by atoms with Crippen LogP contribution in [0, 0.1) is 0 Å². The molecule has 3 N–H and O–H groups in total. The highest BCUT2D eigenvalue weighted by Gasteiger charge is 2.24. The summed E-state index contributed by atoms with van der Waals surface area (Å²) < 4.78 is 0. The Kier molecular flexibility index (Phi) is 6.28. The van der Waals surface area contributed by atoms with Gasteiger partial charge in [0, 0.05) is 18.6 Å². The minimum atomic E-state index is -0.600. The Morgan fingerprint density at radius 2 is 1.94 bits per heavy atom. The summed E-state index contributed by atoms with van der Waals surface area (Å²) in [6.07, 6.45) is 4.21. The van der Waals surface area contributed by atoms with Crippen molar-refractivity contribution in [1.29, 1.82) is 0 Å². The van der Waals surface area contributed by atoms with Crippen LogP contribution >= 0.6 is 0 Å². The van der Waals surface area contributed by atoms with Crippen molar-refractivity contribution in [3.8, 4) is 0 Å². The summed E-state index contributed by atoms with van der Waals surface area (Å²) in [5.41, 5.74) is 0. The van der Waals surface area contributed by atoms with Crippen molar-refractivity contribution in [1.82, 2.24) is 10.2 Å². The van der Waals surface area contributed by atoms with Crippen LogP contribution in [0.4, 0.5) is 0 Å². The van der Waals surface area contributed by atoms with E-state index >= 15 is 0 Å². The molecular formula is C12H26N2O2. The van der Waals surface area contributed by atoms with Crippen molar-refractivity contribution in [3.05, 3.63) is 0 Å². The number of aliphatic hydroxyl groups is 2. The fraction of sp³-hybridized carbons (Fsp3) is 1.00. The van der Waals surface area contributed by atoms with E-state index in [1.54, 1.807) is 0 Å². The van der Waals surface area contributed by atoms with Crippen LogP contribution in [0.25, 0.3) is 0 Å². The van der Waals surface area contributed by atoms with Crippen molar-refractivity contribution in [2.24, 2.45) is 0 Å². The molecule has 0 saturated heterocycles. The molecule has 1 aliphatic carbocycles. The zero-order valence-electron chi connectivity index (χ0n) is 10.5. The number of rotatable bonds is 6.